The van der Waals surface area contributed by atoms with Gasteiger partial charge in [0.25, 0.3) is 5.91 Å². The van der Waals surface area contributed by atoms with Gasteiger partial charge < -0.3 is 16.0 Å². The van der Waals surface area contributed by atoms with E-state index in [2.05, 4.69) is 39.8 Å². The molecule has 1 aromatic heterocycles. The van der Waals surface area contributed by atoms with E-state index in [0.29, 0.717) is 23.1 Å². The normalized spacial score (nSPS) is 10.4. The Hall–Kier alpha value is -2.96. The fourth-order valence-corrected chi connectivity index (χ4v) is 2.06. The summed E-state index contributed by atoms with van der Waals surface area (Å²) in [6.45, 7) is 6.57. The van der Waals surface area contributed by atoms with Crippen LogP contribution in [0.5, 0.6) is 0 Å². The lowest BCUT2D eigenvalue weighted by Gasteiger charge is -2.08. The molecule has 132 valence electrons. The molecule has 1 heterocycles. The van der Waals surface area contributed by atoms with Gasteiger partial charge in [0.1, 0.15) is 11.5 Å². The minimum atomic E-state index is -0.339. The molecule has 2 aromatic rings. The quantitative estimate of drug-likeness (QED) is 0.719. The largest absolute Gasteiger partial charge is 0.369 e. The molecule has 0 atom stereocenters. The van der Waals surface area contributed by atoms with Crippen molar-refractivity contribution in [3.05, 3.63) is 42.4 Å². The van der Waals surface area contributed by atoms with Gasteiger partial charge in [0.05, 0.1) is 12.4 Å². The van der Waals surface area contributed by atoms with Crippen LogP contribution in [0.25, 0.3) is 0 Å². The van der Waals surface area contributed by atoms with E-state index >= 15 is 0 Å². The van der Waals surface area contributed by atoms with E-state index in [0.717, 1.165) is 13.0 Å². The van der Waals surface area contributed by atoms with Crippen LogP contribution in [0.2, 0.25) is 0 Å². The van der Waals surface area contributed by atoms with E-state index in [1.807, 2.05) is 0 Å². The molecule has 0 saturated carbocycles. The molecule has 2 rings (SSSR count). The zero-order valence-corrected chi connectivity index (χ0v) is 14.7. The van der Waals surface area contributed by atoms with E-state index in [4.69, 9.17) is 0 Å². The molecule has 0 radical (unpaired) electrons. The Labute approximate surface area is 147 Å². The van der Waals surface area contributed by atoms with E-state index in [-0.39, 0.29) is 17.5 Å². The van der Waals surface area contributed by atoms with Gasteiger partial charge in [-0.05, 0) is 36.6 Å². The second-order valence-electron chi connectivity index (χ2n) is 6.11. The molecular weight excluding hydrogens is 318 g/mol. The summed E-state index contributed by atoms with van der Waals surface area (Å²) >= 11 is 0. The molecule has 2 amide bonds. The second kappa shape index (κ2) is 8.77. The second-order valence-corrected chi connectivity index (χ2v) is 6.11. The first-order chi connectivity index (χ1) is 11.9. The Morgan fingerprint density at radius 1 is 1.00 bits per heavy atom. The highest BCUT2D eigenvalue weighted by Gasteiger charge is 2.09. The summed E-state index contributed by atoms with van der Waals surface area (Å²) in [4.78, 5) is 31.5. The summed E-state index contributed by atoms with van der Waals surface area (Å²) in [7, 11) is 0. The number of benzene rings is 1. The van der Waals surface area contributed by atoms with E-state index in [1.54, 1.807) is 30.5 Å². The van der Waals surface area contributed by atoms with Gasteiger partial charge in [-0.1, -0.05) is 13.8 Å². The number of amides is 2. The molecule has 7 heteroatoms. The van der Waals surface area contributed by atoms with Crippen LogP contribution in [0.4, 0.5) is 17.2 Å². The summed E-state index contributed by atoms with van der Waals surface area (Å²) in [6.07, 6.45) is 4.03. The lowest BCUT2D eigenvalue weighted by atomic mass is 10.1. The predicted octanol–water partition coefficient (Wildman–Crippen LogP) is 3.15. The Balaban J connectivity index is 1.90. The Morgan fingerprint density at radius 3 is 2.16 bits per heavy atom. The number of nitrogens with one attached hydrogen (secondary N) is 3. The van der Waals surface area contributed by atoms with Crippen molar-refractivity contribution in [1.82, 2.24) is 9.97 Å². The van der Waals surface area contributed by atoms with Crippen LogP contribution in [0.3, 0.4) is 0 Å². The molecule has 0 fully saturated rings. The Bertz CT molecular complexity index is 711. The molecular formula is C18H23N5O2. The average Bonchev–Trinajstić information content (AvgIpc) is 2.56. The number of aromatic nitrogens is 2. The number of carbonyl (C=O) groups is 2. The third-order valence-corrected chi connectivity index (χ3v) is 3.38. The molecule has 0 spiro atoms. The van der Waals surface area contributed by atoms with Crippen LogP contribution >= 0.6 is 0 Å². The molecule has 0 bridgehead atoms. The van der Waals surface area contributed by atoms with Crippen molar-refractivity contribution < 1.29 is 9.59 Å². The maximum absolute atomic E-state index is 12.2. The van der Waals surface area contributed by atoms with Crippen molar-refractivity contribution in [2.24, 2.45) is 5.92 Å². The third-order valence-electron chi connectivity index (χ3n) is 3.38. The van der Waals surface area contributed by atoms with Crippen LogP contribution in [0.15, 0.2) is 36.7 Å². The highest BCUT2D eigenvalue weighted by molar-refractivity contribution is 6.02. The lowest BCUT2D eigenvalue weighted by molar-refractivity contribution is -0.114. The van der Waals surface area contributed by atoms with Gasteiger partial charge in [-0.25, -0.2) is 9.97 Å². The molecule has 7 nitrogen and oxygen atoms in total. The number of rotatable bonds is 7. The fourth-order valence-electron chi connectivity index (χ4n) is 2.06. The summed E-state index contributed by atoms with van der Waals surface area (Å²) in [5, 5.41) is 8.58. The van der Waals surface area contributed by atoms with Crippen LogP contribution in [0, 0.1) is 5.92 Å². The summed E-state index contributed by atoms with van der Waals surface area (Å²) < 4.78 is 0. The molecule has 0 saturated heterocycles. The van der Waals surface area contributed by atoms with Crippen LogP contribution < -0.4 is 16.0 Å². The monoisotopic (exact) mass is 341 g/mol. The van der Waals surface area contributed by atoms with Crippen molar-refractivity contribution in [3.8, 4) is 0 Å². The average molecular weight is 341 g/mol. The van der Waals surface area contributed by atoms with Crippen LogP contribution in [-0.2, 0) is 4.79 Å². The van der Waals surface area contributed by atoms with Gasteiger partial charge in [-0.2, -0.15) is 0 Å². The van der Waals surface area contributed by atoms with Crippen molar-refractivity contribution in [1.29, 1.82) is 0 Å². The predicted molar refractivity (Wildman–Crippen MR) is 98.7 cm³/mol. The minimum absolute atomic E-state index is 0.144. The van der Waals surface area contributed by atoms with Gasteiger partial charge in [-0.3, -0.25) is 9.59 Å². The van der Waals surface area contributed by atoms with Gasteiger partial charge in [0.15, 0.2) is 0 Å². The molecule has 3 N–H and O–H groups in total. The minimum Gasteiger partial charge on any atom is -0.369 e. The summed E-state index contributed by atoms with van der Waals surface area (Å²) in [6, 6.07) is 6.84. The van der Waals surface area contributed by atoms with Gasteiger partial charge in [0.2, 0.25) is 5.91 Å². The third kappa shape index (κ3) is 6.21. The molecule has 0 aliphatic carbocycles. The van der Waals surface area contributed by atoms with Crippen molar-refractivity contribution in [3.63, 3.8) is 0 Å². The van der Waals surface area contributed by atoms with Crippen molar-refractivity contribution in [2.75, 3.05) is 22.5 Å². The fraction of sp³-hybridized carbons (Fsp3) is 0.333. The van der Waals surface area contributed by atoms with E-state index in [9.17, 15) is 9.59 Å². The number of anilines is 3. The van der Waals surface area contributed by atoms with E-state index in [1.165, 1.54) is 13.1 Å². The first kappa shape index (κ1) is 18.4. The first-order valence-electron chi connectivity index (χ1n) is 8.19. The molecule has 0 aliphatic heterocycles. The molecule has 0 unspecified atom stereocenters. The maximum atomic E-state index is 12.2. The highest BCUT2D eigenvalue weighted by Crippen LogP contribution is 2.14. The number of hydrogen-bond acceptors (Lipinski definition) is 5. The van der Waals surface area contributed by atoms with Crippen LogP contribution in [-0.4, -0.2) is 28.3 Å². The lowest BCUT2D eigenvalue weighted by Crippen LogP contribution is -2.15. The zero-order chi connectivity index (χ0) is 18.2. The van der Waals surface area contributed by atoms with Gasteiger partial charge in [-0.15, -0.1) is 0 Å². The van der Waals surface area contributed by atoms with Gasteiger partial charge >= 0.3 is 0 Å². The molecule has 0 aliphatic rings. The first-order valence-corrected chi connectivity index (χ1v) is 8.19. The SMILES string of the molecule is CC(=O)Nc1ccc(NC(=O)c2cnc(NCCC(C)C)cn2)cc1. The van der Waals surface area contributed by atoms with Gasteiger partial charge in [0, 0.05) is 24.8 Å². The van der Waals surface area contributed by atoms with Crippen molar-refractivity contribution >= 4 is 29.0 Å². The Morgan fingerprint density at radius 2 is 1.64 bits per heavy atom. The number of carbonyl (C=O) groups excluding carboxylic acids is 2. The number of hydrogen-bond donors (Lipinski definition) is 3. The highest BCUT2D eigenvalue weighted by atomic mass is 16.2. The Kier molecular flexibility index (Phi) is 6.45. The smallest absolute Gasteiger partial charge is 0.275 e. The van der Waals surface area contributed by atoms with Crippen LogP contribution in [0.1, 0.15) is 37.7 Å². The number of nitrogens with zero attached hydrogens (tertiary/aromatic N) is 2. The summed E-state index contributed by atoms with van der Waals surface area (Å²) in [5.74, 6) is 0.780. The zero-order valence-electron chi connectivity index (χ0n) is 14.7. The molecule has 1 aromatic carbocycles. The maximum Gasteiger partial charge on any atom is 0.275 e. The van der Waals surface area contributed by atoms with Crippen molar-refractivity contribution in [2.45, 2.75) is 27.2 Å². The summed E-state index contributed by atoms with van der Waals surface area (Å²) in [5.41, 5.74) is 1.52. The standard InChI is InChI=1S/C18H23N5O2/c1-12(2)8-9-19-17-11-20-16(10-21-17)18(25)23-15-6-4-14(5-7-15)22-13(3)24/h4-7,10-12H,8-9H2,1-3H3,(H,19,21)(H,22,24)(H,23,25). The topological polar surface area (TPSA) is 96.0 Å². The van der Waals surface area contributed by atoms with E-state index < -0.39 is 0 Å². The molecule has 25 heavy (non-hydrogen) atoms.